The van der Waals surface area contributed by atoms with Crippen molar-refractivity contribution in [3.05, 3.63) is 34.9 Å². The minimum Gasteiger partial charge on any atom is -0.481 e. The van der Waals surface area contributed by atoms with E-state index in [0.29, 0.717) is 37.1 Å². The number of carbonyl (C=O) groups is 3. The fourth-order valence-corrected chi connectivity index (χ4v) is 4.38. The molecule has 146 valence electrons. The van der Waals surface area contributed by atoms with Gasteiger partial charge in [0.25, 0.3) is 0 Å². The number of hydrogen-bond donors (Lipinski definition) is 1. The second-order valence-corrected chi connectivity index (χ2v) is 7.66. The Morgan fingerprint density at radius 2 is 1.96 bits per heavy atom. The molecule has 2 heterocycles. The molecule has 0 bridgehead atoms. The van der Waals surface area contributed by atoms with Crippen molar-refractivity contribution >= 4 is 29.4 Å². The predicted molar refractivity (Wildman–Crippen MR) is 99.2 cm³/mol. The molecule has 1 amide bonds. The van der Waals surface area contributed by atoms with E-state index in [1.54, 1.807) is 17.0 Å². The molecule has 0 aliphatic carbocycles. The summed E-state index contributed by atoms with van der Waals surface area (Å²) in [6.07, 6.45) is 2.24. The fraction of sp³-hybridized carbons (Fsp3) is 0.550. The van der Waals surface area contributed by atoms with Gasteiger partial charge in [-0.1, -0.05) is 30.7 Å². The van der Waals surface area contributed by atoms with Crippen molar-refractivity contribution in [2.45, 2.75) is 63.6 Å². The molecule has 0 aromatic heterocycles. The van der Waals surface area contributed by atoms with E-state index in [1.165, 1.54) is 0 Å². The lowest BCUT2D eigenvalue weighted by Gasteiger charge is -2.45. The number of carbonyl (C=O) groups excluding carboxylic acids is 2. The molecule has 2 saturated heterocycles. The molecule has 1 N–H and O–H groups in total. The lowest BCUT2D eigenvalue weighted by atomic mass is 9.84. The van der Waals surface area contributed by atoms with Gasteiger partial charge in [-0.3, -0.25) is 14.4 Å². The van der Waals surface area contributed by atoms with Gasteiger partial charge in [0.15, 0.2) is 0 Å². The number of amides is 1. The number of ether oxygens (including phenoxy) is 1. The third-order valence-corrected chi connectivity index (χ3v) is 5.78. The molecule has 3 rings (SSSR count). The maximum Gasteiger partial charge on any atom is 0.306 e. The topological polar surface area (TPSA) is 83.9 Å². The number of esters is 1. The van der Waals surface area contributed by atoms with Crippen LogP contribution < -0.4 is 0 Å². The Balaban J connectivity index is 1.93. The van der Waals surface area contributed by atoms with Crippen LogP contribution in [-0.4, -0.2) is 40.0 Å². The summed E-state index contributed by atoms with van der Waals surface area (Å²) in [6, 6.07) is 6.94. The number of aliphatic carboxylic acids is 1. The lowest BCUT2D eigenvalue weighted by Crippen LogP contribution is -2.53. The second-order valence-electron chi connectivity index (χ2n) is 7.23. The molecule has 0 spiro atoms. The maximum absolute atomic E-state index is 13.2. The highest BCUT2D eigenvalue weighted by Crippen LogP contribution is 2.40. The van der Waals surface area contributed by atoms with Gasteiger partial charge >= 0.3 is 11.9 Å². The van der Waals surface area contributed by atoms with Crippen LogP contribution in [-0.2, 0) is 19.1 Å². The SMILES string of the molecule is CC[C@@H](C1CCC(=O)O1)N1C(=O)C(CC(=O)O)CCC1c1ccc(Cl)cc1. The molecular formula is C20H24ClNO5. The van der Waals surface area contributed by atoms with Gasteiger partial charge in [-0.15, -0.1) is 0 Å². The number of piperidine rings is 1. The molecule has 27 heavy (non-hydrogen) atoms. The molecular weight excluding hydrogens is 370 g/mol. The number of carboxylic acids is 1. The first-order valence-corrected chi connectivity index (χ1v) is 9.77. The Morgan fingerprint density at radius 3 is 2.52 bits per heavy atom. The molecule has 2 aliphatic rings. The molecule has 1 aromatic carbocycles. The number of halogens is 1. The highest BCUT2D eigenvalue weighted by molar-refractivity contribution is 6.30. The smallest absolute Gasteiger partial charge is 0.306 e. The van der Waals surface area contributed by atoms with Crippen molar-refractivity contribution in [3.63, 3.8) is 0 Å². The van der Waals surface area contributed by atoms with Crippen LogP contribution in [0.4, 0.5) is 0 Å². The Kier molecular flexibility index (Phi) is 6.05. The lowest BCUT2D eigenvalue weighted by molar-refractivity contribution is -0.157. The minimum atomic E-state index is -0.974. The van der Waals surface area contributed by atoms with E-state index in [9.17, 15) is 19.5 Å². The number of benzene rings is 1. The van der Waals surface area contributed by atoms with Crippen LogP contribution >= 0.6 is 11.6 Å². The monoisotopic (exact) mass is 393 g/mol. The zero-order valence-corrected chi connectivity index (χ0v) is 16.0. The summed E-state index contributed by atoms with van der Waals surface area (Å²) in [7, 11) is 0. The highest BCUT2D eigenvalue weighted by Gasteiger charge is 2.44. The van der Waals surface area contributed by atoms with Crippen molar-refractivity contribution < 1.29 is 24.2 Å². The van der Waals surface area contributed by atoms with Crippen LogP contribution in [0.1, 0.15) is 57.1 Å². The largest absolute Gasteiger partial charge is 0.481 e. The van der Waals surface area contributed by atoms with Crippen LogP contribution in [0, 0.1) is 5.92 Å². The third kappa shape index (κ3) is 4.26. The van der Waals surface area contributed by atoms with Crippen LogP contribution in [0.3, 0.4) is 0 Å². The summed E-state index contributed by atoms with van der Waals surface area (Å²) >= 11 is 6.00. The van der Waals surface area contributed by atoms with E-state index in [-0.39, 0.29) is 36.5 Å². The van der Waals surface area contributed by atoms with Crippen LogP contribution in [0.5, 0.6) is 0 Å². The summed E-state index contributed by atoms with van der Waals surface area (Å²) < 4.78 is 5.47. The Labute approximate surface area is 163 Å². The van der Waals surface area contributed by atoms with Gasteiger partial charge in [0.2, 0.25) is 5.91 Å². The Hall–Kier alpha value is -2.08. The van der Waals surface area contributed by atoms with Gasteiger partial charge in [-0.05, 0) is 43.4 Å². The van der Waals surface area contributed by atoms with Crippen molar-refractivity contribution in [1.29, 1.82) is 0 Å². The Bertz CT molecular complexity index is 720. The van der Waals surface area contributed by atoms with Gasteiger partial charge in [-0.2, -0.15) is 0 Å². The molecule has 7 heteroatoms. The molecule has 2 fully saturated rings. The fourth-order valence-electron chi connectivity index (χ4n) is 4.25. The standard InChI is InChI=1S/C20H24ClNO5/c1-2-15(17-9-10-19(25)27-17)22-16(12-3-6-14(21)7-4-12)8-5-13(20(22)26)11-18(23)24/h3-4,6-7,13,15-17H,2,5,8-11H2,1H3,(H,23,24)/t13?,15-,16?,17?/m0/s1. The van der Waals surface area contributed by atoms with E-state index in [1.807, 2.05) is 19.1 Å². The summed E-state index contributed by atoms with van der Waals surface area (Å²) in [6.45, 7) is 1.96. The summed E-state index contributed by atoms with van der Waals surface area (Å²) in [4.78, 5) is 37.8. The average Bonchev–Trinajstić information content (AvgIpc) is 3.05. The quantitative estimate of drug-likeness (QED) is 0.747. The molecule has 2 aliphatic heterocycles. The predicted octanol–water partition coefficient (Wildman–Crippen LogP) is 3.58. The van der Waals surface area contributed by atoms with Crippen LogP contribution in [0.25, 0.3) is 0 Å². The molecule has 0 radical (unpaired) electrons. The number of rotatable bonds is 6. The van der Waals surface area contributed by atoms with Crippen LogP contribution in [0.15, 0.2) is 24.3 Å². The molecule has 3 unspecified atom stereocenters. The van der Waals surface area contributed by atoms with Gasteiger partial charge < -0.3 is 14.7 Å². The first-order chi connectivity index (χ1) is 12.9. The zero-order chi connectivity index (χ0) is 19.6. The molecule has 6 nitrogen and oxygen atoms in total. The van der Waals surface area contributed by atoms with Crippen LogP contribution in [0.2, 0.25) is 5.02 Å². The van der Waals surface area contributed by atoms with E-state index in [4.69, 9.17) is 16.3 Å². The van der Waals surface area contributed by atoms with Gasteiger partial charge in [0.05, 0.1) is 18.5 Å². The number of carboxylic acid groups (broad SMARTS) is 1. The number of nitrogens with zero attached hydrogens (tertiary/aromatic N) is 1. The summed E-state index contributed by atoms with van der Waals surface area (Å²) in [5, 5.41) is 9.79. The Morgan fingerprint density at radius 1 is 1.26 bits per heavy atom. The van der Waals surface area contributed by atoms with E-state index in [2.05, 4.69) is 0 Å². The van der Waals surface area contributed by atoms with Gasteiger partial charge in [0, 0.05) is 17.4 Å². The van der Waals surface area contributed by atoms with E-state index in [0.717, 1.165) is 5.56 Å². The van der Waals surface area contributed by atoms with E-state index >= 15 is 0 Å². The maximum atomic E-state index is 13.2. The summed E-state index contributed by atoms with van der Waals surface area (Å²) in [5.41, 5.74) is 0.962. The van der Waals surface area contributed by atoms with Gasteiger partial charge in [0.1, 0.15) is 6.10 Å². The zero-order valence-electron chi connectivity index (χ0n) is 15.3. The van der Waals surface area contributed by atoms with Crippen molar-refractivity contribution in [2.24, 2.45) is 5.92 Å². The first-order valence-electron chi connectivity index (χ1n) is 9.39. The molecule has 1 aromatic rings. The van der Waals surface area contributed by atoms with Crippen molar-refractivity contribution in [3.8, 4) is 0 Å². The number of cyclic esters (lactones) is 1. The highest BCUT2D eigenvalue weighted by atomic mass is 35.5. The molecule has 0 saturated carbocycles. The minimum absolute atomic E-state index is 0.168. The van der Waals surface area contributed by atoms with E-state index < -0.39 is 11.9 Å². The third-order valence-electron chi connectivity index (χ3n) is 5.52. The number of hydrogen-bond acceptors (Lipinski definition) is 4. The second kappa shape index (κ2) is 8.30. The van der Waals surface area contributed by atoms with Crippen molar-refractivity contribution in [2.75, 3.05) is 0 Å². The van der Waals surface area contributed by atoms with Gasteiger partial charge in [-0.25, -0.2) is 0 Å². The van der Waals surface area contributed by atoms with Crippen molar-refractivity contribution in [1.82, 2.24) is 4.90 Å². The number of likely N-dealkylation sites (tertiary alicyclic amines) is 1. The molecule has 4 atom stereocenters. The first kappa shape index (κ1) is 19.7. The average molecular weight is 394 g/mol. The normalized spacial score (nSPS) is 26.7. The summed E-state index contributed by atoms with van der Waals surface area (Å²) in [5.74, 6) is -1.93.